The van der Waals surface area contributed by atoms with Gasteiger partial charge in [0.25, 0.3) is 0 Å². The fraction of sp³-hybridized carbons (Fsp3) is 0.933. The zero-order chi connectivity index (χ0) is 12.8. The van der Waals surface area contributed by atoms with Crippen LogP contribution in [0.1, 0.15) is 58.3 Å². The highest BCUT2D eigenvalue weighted by Gasteiger charge is 2.41. The molecule has 1 saturated carbocycles. The summed E-state index contributed by atoms with van der Waals surface area (Å²) in [4.78, 5) is 12.6. The second-order valence-electron chi connectivity index (χ2n) is 5.67. The van der Waals surface area contributed by atoms with E-state index in [4.69, 9.17) is 9.47 Å². The lowest BCUT2D eigenvalue weighted by Gasteiger charge is -2.36. The van der Waals surface area contributed by atoms with E-state index in [2.05, 4.69) is 0 Å². The molecule has 0 aromatic heterocycles. The van der Waals surface area contributed by atoms with Crippen molar-refractivity contribution < 1.29 is 14.3 Å². The van der Waals surface area contributed by atoms with Crippen LogP contribution in [-0.4, -0.2) is 31.2 Å². The number of Topliss-reactive ketones (excluding diaryl/α,β-unsaturated/α-hetero) is 1. The summed E-state index contributed by atoms with van der Waals surface area (Å²) < 4.78 is 11.2. The van der Waals surface area contributed by atoms with Gasteiger partial charge in [0, 0.05) is 39.1 Å². The van der Waals surface area contributed by atoms with Crippen molar-refractivity contribution in [3.8, 4) is 0 Å². The first-order valence-corrected chi connectivity index (χ1v) is 7.52. The first kappa shape index (κ1) is 14.0. The number of carbonyl (C=O) groups is 1. The van der Waals surface area contributed by atoms with Crippen LogP contribution in [0.25, 0.3) is 0 Å². The van der Waals surface area contributed by atoms with Crippen molar-refractivity contribution >= 4 is 5.78 Å². The average Bonchev–Trinajstić information content (AvgIpc) is 2.41. The fourth-order valence-corrected chi connectivity index (χ4v) is 3.32. The van der Waals surface area contributed by atoms with Crippen LogP contribution in [0.4, 0.5) is 0 Å². The van der Waals surface area contributed by atoms with E-state index in [1.54, 1.807) is 0 Å². The summed E-state index contributed by atoms with van der Waals surface area (Å²) in [5.74, 6) is 0.936. The Bertz CT molecular complexity index is 257. The summed E-state index contributed by atoms with van der Waals surface area (Å²) in [6.07, 6.45) is 8.59. The Labute approximate surface area is 110 Å². The number of rotatable bonds is 5. The van der Waals surface area contributed by atoms with Crippen molar-refractivity contribution in [1.29, 1.82) is 0 Å². The molecule has 0 radical (unpaired) electrons. The van der Waals surface area contributed by atoms with E-state index in [0.717, 1.165) is 19.3 Å². The molecule has 0 aromatic carbocycles. The standard InChI is InChI=1S/C15H26O3/c1-2-18-15(8-10-17-11-9-15)14(16)12-13-6-4-3-5-7-13/h13H,2-12H2,1H3. The third kappa shape index (κ3) is 3.33. The van der Waals surface area contributed by atoms with Gasteiger partial charge in [-0.05, 0) is 12.8 Å². The molecule has 0 aromatic rings. The Hall–Kier alpha value is -0.410. The van der Waals surface area contributed by atoms with Gasteiger partial charge >= 0.3 is 0 Å². The minimum absolute atomic E-state index is 0.333. The molecule has 2 aliphatic rings. The molecule has 2 rings (SSSR count). The SMILES string of the molecule is CCOC1(C(=O)CC2CCCCC2)CCOCC1. The van der Waals surface area contributed by atoms with Crippen molar-refractivity contribution in [1.82, 2.24) is 0 Å². The van der Waals surface area contributed by atoms with E-state index < -0.39 is 5.60 Å². The van der Waals surface area contributed by atoms with Gasteiger partial charge in [0.05, 0.1) is 0 Å². The first-order chi connectivity index (χ1) is 8.77. The first-order valence-electron chi connectivity index (χ1n) is 7.52. The third-order valence-electron chi connectivity index (χ3n) is 4.43. The van der Waals surface area contributed by atoms with Gasteiger partial charge in [-0.2, -0.15) is 0 Å². The zero-order valence-corrected chi connectivity index (χ0v) is 11.6. The van der Waals surface area contributed by atoms with Gasteiger partial charge in [-0.3, -0.25) is 4.79 Å². The molecule has 1 aliphatic carbocycles. The molecule has 0 unspecified atom stereocenters. The highest BCUT2D eigenvalue weighted by atomic mass is 16.5. The molecular formula is C15H26O3. The van der Waals surface area contributed by atoms with E-state index in [1.165, 1.54) is 32.1 Å². The Balaban J connectivity index is 1.94. The van der Waals surface area contributed by atoms with E-state index in [9.17, 15) is 4.79 Å². The van der Waals surface area contributed by atoms with Crippen LogP contribution >= 0.6 is 0 Å². The van der Waals surface area contributed by atoms with Gasteiger partial charge in [0.1, 0.15) is 5.60 Å². The maximum atomic E-state index is 12.6. The van der Waals surface area contributed by atoms with Crippen molar-refractivity contribution in [3.63, 3.8) is 0 Å². The Morgan fingerprint density at radius 3 is 2.50 bits per heavy atom. The number of carbonyl (C=O) groups excluding carboxylic acids is 1. The molecular weight excluding hydrogens is 228 g/mol. The van der Waals surface area contributed by atoms with Crippen LogP contribution in [0.3, 0.4) is 0 Å². The Kier molecular flexibility index (Phi) is 5.19. The largest absolute Gasteiger partial charge is 0.381 e. The average molecular weight is 254 g/mol. The van der Waals surface area contributed by atoms with Gasteiger partial charge in [0.2, 0.25) is 0 Å². The lowest BCUT2D eigenvalue weighted by Crippen LogP contribution is -2.47. The van der Waals surface area contributed by atoms with Gasteiger partial charge < -0.3 is 9.47 Å². The third-order valence-corrected chi connectivity index (χ3v) is 4.43. The Morgan fingerprint density at radius 1 is 1.22 bits per heavy atom. The summed E-state index contributed by atoms with van der Waals surface area (Å²) >= 11 is 0. The van der Waals surface area contributed by atoms with Crippen LogP contribution in [0, 0.1) is 5.92 Å². The molecule has 18 heavy (non-hydrogen) atoms. The molecule has 3 nitrogen and oxygen atoms in total. The molecule has 0 atom stereocenters. The zero-order valence-electron chi connectivity index (χ0n) is 11.6. The van der Waals surface area contributed by atoms with Crippen LogP contribution in [0.5, 0.6) is 0 Å². The van der Waals surface area contributed by atoms with Gasteiger partial charge in [-0.25, -0.2) is 0 Å². The smallest absolute Gasteiger partial charge is 0.165 e. The number of hydrogen-bond acceptors (Lipinski definition) is 3. The predicted octanol–water partition coefficient (Wildman–Crippen LogP) is 3.11. The summed E-state index contributed by atoms with van der Waals surface area (Å²) in [5, 5.41) is 0. The van der Waals surface area contributed by atoms with Crippen molar-refractivity contribution in [3.05, 3.63) is 0 Å². The Morgan fingerprint density at radius 2 is 1.89 bits per heavy atom. The summed E-state index contributed by atoms with van der Waals surface area (Å²) in [5.41, 5.74) is -0.523. The molecule has 1 heterocycles. The molecule has 0 amide bonds. The molecule has 2 fully saturated rings. The minimum atomic E-state index is -0.523. The fourth-order valence-electron chi connectivity index (χ4n) is 3.32. The van der Waals surface area contributed by atoms with Crippen molar-refractivity contribution in [2.75, 3.05) is 19.8 Å². The van der Waals surface area contributed by atoms with Crippen LogP contribution in [0.2, 0.25) is 0 Å². The molecule has 0 spiro atoms. The second kappa shape index (κ2) is 6.67. The molecule has 0 bridgehead atoms. The minimum Gasteiger partial charge on any atom is -0.381 e. The number of ether oxygens (including phenoxy) is 2. The lowest BCUT2D eigenvalue weighted by molar-refractivity contribution is -0.158. The van der Waals surface area contributed by atoms with E-state index in [1.807, 2.05) is 6.92 Å². The summed E-state index contributed by atoms with van der Waals surface area (Å²) in [6, 6.07) is 0. The van der Waals surface area contributed by atoms with Gasteiger partial charge in [-0.1, -0.05) is 32.1 Å². The normalized spacial score (nSPS) is 24.9. The number of ketones is 1. The number of hydrogen-bond donors (Lipinski definition) is 0. The highest BCUT2D eigenvalue weighted by Crippen LogP contribution is 2.33. The van der Waals surface area contributed by atoms with Gasteiger partial charge in [-0.15, -0.1) is 0 Å². The monoisotopic (exact) mass is 254 g/mol. The van der Waals surface area contributed by atoms with E-state index in [-0.39, 0.29) is 0 Å². The van der Waals surface area contributed by atoms with Crippen LogP contribution < -0.4 is 0 Å². The maximum absolute atomic E-state index is 12.6. The quantitative estimate of drug-likeness (QED) is 0.756. The molecule has 1 saturated heterocycles. The van der Waals surface area contributed by atoms with Crippen molar-refractivity contribution in [2.24, 2.45) is 5.92 Å². The lowest BCUT2D eigenvalue weighted by atomic mass is 9.80. The molecule has 1 aliphatic heterocycles. The van der Waals surface area contributed by atoms with E-state index >= 15 is 0 Å². The molecule has 104 valence electrons. The molecule has 3 heteroatoms. The van der Waals surface area contributed by atoms with Gasteiger partial charge in [0.15, 0.2) is 5.78 Å². The predicted molar refractivity (Wildman–Crippen MR) is 70.6 cm³/mol. The van der Waals surface area contributed by atoms with E-state index in [0.29, 0.717) is 31.5 Å². The van der Waals surface area contributed by atoms with Crippen LogP contribution in [-0.2, 0) is 14.3 Å². The topological polar surface area (TPSA) is 35.5 Å². The highest BCUT2D eigenvalue weighted by molar-refractivity contribution is 5.87. The molecule has 0 N–H and O–H groups in total. The van der Waals surface area contributed by atoms with Crippen LogP contribution in [0.15, 0.2) is 0 Å². The summed E-state index contributed by atoms with van der Waals surface area (Å²) in [6.45, 7) is 3.92. The van der Waals surface area contributed by atoms with Crippen molar-refractivity contribution in [2.45, 2.75) is 63.9 Å². The maximum Gasteiger partial charge on any atom is 0.165 e. The second-order valence-corrected chi connectivity index (χ2v) is 5.67. The summed E-state index contributed by atoms with van der Waals surface area (Å²) in [7, 11) is 0.